The van der Waals surface area contributed by atoms with E-state index in [0.29, 0.717) is 19.3 Å². The zero-order valence-corrected chi connectivity index (χ0v) is 25.0. The van der Waals surface area contributed by atoms with Crippen LogP contribution in [-0.2, 0) is 19.0 Å². The molecule has 4 aliphatic carbocycles. The van der Waals surface area contributed by atoms with Gasteiger partial charge in [0.1, 0.15) is 12.4 Å². The molecule has 0 saturated heterocycles. The fourth-order valence-corrected chi connectivity index (χ4v) is 6.26. The van der Waals surface area contributed by atoms with Gasteiger partial charge in [0, 0.05) is 7.11 Å². The Morgan fingerprint density at radius 1 is 0.792 bits per heavy atom. The highest BCUT2D eigenvalue weighted by atomic mass is 19.4. The average molecular weight is 733 g/mol. The first-order chi connectivity index (χ1) is 21.6. The Balaban J connectivity index is 0.000000267. The predicted molar refractivity (Wildman–Crippen MR) is 134 cm³/mol. The lowest BCUT2D eigenvalue weighted by atomic mass is 9.81. The van der Waals surface area contributed by atoms with E-state index in [4.69, 9.17) is 0 Å². The molecule has 0 spiro atoms. The van der Waals surface area contributed by atoms with Crippen molar-refractivity contribution in [3.05, 3.63) is 36.0 Å². The number of hydrogen-bond acceptors (Lipinski definition) is 5. The number of ether oxygens (including phenoxy) is 3. The number of carbonyl (C=O) groups is 1. The zero-order valence-electron chi connectivity index (χ0n) is 25.0. The third-order valence-corrected chi connectivity index (χ3v) is 8.65. The molecule has 0 aromatic rings. The molecule has 5 unspecified atom stereocenters. The number of alkyl halides is 15. The van der Waals surface area contributed by atoms with E-state index in [2.05, 4.69) is 20.8 Å². The standard InChI is InChI=1S/C13H16F6O2.C10H10F6O.C5H5F3O2/c1-20-7-21-11(12(14,15)16,13(17,18)19)6-10-5-8-2-3-9(10)4-8;11-9(12,13)8(17,10(14,15)16)7-4-5-1-2-6(7)3-5;1-3(4(9)10-2)5(6,7)8/h2-3,8-10H,4-7H2,1H3;4-6,17H,1-3H2;1H2,2H3. The van der Waals surface area contributed by atoms with Crippen LogP contribution in [0.2, 0.25) is 0 Å². The van der Waals surface area contributed by atoms with Gasteiger partial charge < -0.3 is 19.3 Å². The maximum Gasteiger partial charge on any atom is 0.430 e. The van der Waals surface area contributed by atoms with E-state index < -0.39 is 84.2 Å². The molecule has 4 bridgehead atoms. The van der Waals surface area contributed by atoms with Crippen molar-refractivity contribution in [3.8, 4) is 0 Å². The summed E-state index contributed by atoms with van der Waals surface area (Å²) in [7, 11) is 1.84. The van der Waals surface area contributed by atoms with Crippen LogP contribution < -0.4 is 0 Å². The van der Waals surface area contributed by atoms with Crippen molar-refractivity contribution in [3.63, 3.8) is 0 Å². The summed E-state index contributed by atoms with van der Waals surface area (Å²) < 4.78 is 201. The zero-order chi connectivity index (χ0) is 37.3. The Kier molecular flexibility index (Phi) is 12.5. The minimum atomic E-state index is -5.73. The van der Waals surface area contributed by atoms with Crippen LogP contribution in [0.1, 0.15) is 38.5 Å². The van der Waals surface area contributed by atoms with Crippen molar-refractivity contribution in [1.29, 1.82) is 0 Å². The summed E-state index contributed by atoms with van der Waals surface area (Å²) in [6.45, 7) is 1.44. The summed E-state index contributed by atoms with van der Waals surface area (Å²) >= 11 is 0. The normalized spacial score (nSPS) is 25.6. The third kappa shape index (κ3) is 8.62. The van der Waals surface area contributed by atoms with E-state index in [-0.39, 0.29) is 30.6 Å². The summed E-state index contributed by atoms with van der Waals surface area (Å²) in [5.41, 5.74) is -11.2. The van der Waals surface area contributed by atoms with Gasteiger partial charge in [0.05, 0.1) is 7.11 Å². The topological polar surface area (TPSA) is 65.0 Å². The quantitative estimate of drug-likeness (QED) is 0.0935. The van der Waals surface area contributed by atoms with Crippen LogP contribution in [0.3, 0.4) is 0 Å². The van der Waals surface area contributed by atoms with E-state index in [0.717, 1.165) is 20.3 Å². The van der Waals surface area contributed by atoms with Gasteiger partial charge in [-0.25, -0.2) is 4.79 Å². The fourth-order valence-electron chi connectivity index (χ4n) is 6.26. The van der Waals surface area contributed by atoms with Crippen molar-refractivity contribution in [2.75, 3.05) is 21.0 Å². The van der Waals surface area contributed by atoms with Crippen LogP contribution in [0.15, 0.2) is 36.0 Å². The first-order valence-corrected chi connectivity index (χ1v) is 13.9. The molecule has 0 heterocycles. The Bertz CT molecular complexity index is 1170. The first-order valence-electron chi connectivity index (χ1n) is 13.9. The second-order valence-corrected chi connectivity index (χ2v) is 11.7. The maximum absolute atomic E-state index is 13.2. The molecule has 4 aliphatic rings. The second-order valence-electron chi connectivity index (χ2n) is 11.7. The van der Waals surface area contributed by atoms with Gasteiger partial charge in [0.25, 0.3) is 11.2 Å². The van der Waals surface area contributed by atoms with Crippen molar-refractivity contribution >= 4 is 5.97 Å². The highest BCUT2D eigenvalue weighted by molar-refractivity contribution is 5.88. The Morgan fingerprint density at radius 3 is 1.62 bits per heavy atom. The highest BCUT2D eigenvalue weighted by Gasteiger charge is 2.74. The molecule has 20 heteroatoms. The Labute approximate surface area is 263 Å². The van der Waals surface area contributed by atoms with Crippen LogP contribution in [0.5, 0.6) is 0 Å². The van der Waals surface area contributed by atoms with Gasteiger partial charge in [0.15, 0.2) is 0 Å². The molecule has 2 saturated carbocycles. The minimum absolute atomic E-state index is 0.0848. The van der Waals surface area contributed by atoms with Gasteiger partial charge in [0.2, 0.25) is 0 Å². The molecule has 48 heavy (non-hydrogen) atoms. The lowest BCUT2D eigenvalue weighted by Crippen LogP contribution is -2.60. The van der Waals surface area contributed by atoms with Crippen LogP contribution in [0, 0.1) is 29.6 Å². The van der Waals surface area contributed by atoms with Gasteiger partial charge in [-0.1, -0.05) is 24.8 Å². The first kappa shape index (κ1) is 41.7. The van der Waals surface area contributed by atoms with Gasteiger partial charge >= 0.3 is 36.9 Å². The molecule has 0 radical (unpaired) electrons. The smallest absolute Gasteiger partial charge is 0.430 e. The molecule has 1 N–H and O–H groups in total. The Morgan fingerprint density at radius 2 is 1.33 bits per heavy atom. The molecule has 278 valence electrons. The number of rotatable bonds is 7. The maximum atomic E-state index is 13.2. The third-order valence-electron chi connectivity index (χ3n) is 8.65. The number of carbonyl (C=O) groups excluding carboxylic acids is 1. The highest BCUT2D eigenvalue weighted by Crippen LogP contribution is 2.57. The van der Waals surface area contributed by atoms with Gasteiger partial charge in [-0.3, -0.25) is 0 Å². The Hall–Kier alpha value is -2.48. The second kappa shape index (κ2) is 14.4. The number of allylic oxidation sites excluding steroid dienone is 3. The molecule has 5 atom stereocenters. The molecule has 5 nitrogen and oxygen atoms in total. The summed E-state index contributed by atoms with van der Waals surface area (Å²) in [6.07, 6.45) is -21.7. The number of aliphatic hydroxyl groups is 1. The van der Waals surface area contributed by atoms with Crippen LogP contribution in [0.25, 0.3) is 0 Å². The number of hydrogen-bond donors (Lipinski definition) is 1. The SMILES string of the molecule is C=C(C(=O)OC)C(F)(F)F.COCOC(CC1CC2C=CC1C2)(C(F)(F)F)C(F)(F)F.OC(C1=CC2CCC1C2)(C(F)(F)F)C(F)(F)F. The van der Waals surface area contributed by atoms with Crippen molar-refractivity contribution < 1.29 is 90.0 Å². The number of methoxy groups -OCH3 is 2. The van der Waals surface area contributed by atoms with E-state index in [1.165, 1.54) is 0 Å². The van der Waals surface area contributed by atoms with Crippen LogP contribution in [-0.4, -0.2) is 74.2 Å². The fraction of sp³-hybridized carbons (Fsp3) is 0.750. The van der Waals surface area contributed by atoms with E-state index in [1.807, 2.05) is 6.08 Å². The van der Waals surface area contributed by atoms with Crippen LogP contribution >= 0.6 is 0 Å². The lowest BCUT2D eigenvalue weighted by Gasteiger charge is -2.39. The molecule has 2 fully saturated rings. The lowest BCUT2D eigenvalue weighted by molar-refractivity contribution is -0.396. The van der Waals surface area contributed by atoms with Gasteiger partial charge in [-0.2, -0.15) is 65.9 Å². The van der Waals surface area contributed by atoms with Gasteiger partial charge in [-0.05, 0) is 73.7 Å². The van der Waals surface area contributed by atoms with E-state index >= 15 is 0 Å². The number of halogens is 15. The average Bonchev–Trinajstić information content (AvgIpc) is 3.74. The summed E-state index contributed by atoms with van der Waals surface area (Å²) in [4.78, 5) is 10.1. The van der Waals surface area contributed by atoms with Crippen molar-refractivity contribution in [1.82, 2.24) is 0 Å². The summed E-state index contributed by atoms with van der Waals surface area (Å²) in [6, 6.07) is 0. The molecule has 4 rings (SSSR count). The molecule has 0 aromatic carbocycles. The molecule has 0 amide bonds. The minimum Gasteiger partial charge on any atom is -0.465 e. The number of fused-ring (bicyclic) bond motifs is 4. The predicted octanol–water partition coefficient (Wildman–Crippen LogP) is 8.55. The monoisotopic (exact) mass is 732 g/mol. The summed E-state index contributed by atoms with van der Waals surface area (Å²) in [5, 5.41) is 9.19. The summed E-state index contributed by atoms with van der Waals surface area (Å²) in [5.74, 6) is -3.33. The van der Waals surface area contributed by atoms with Crippen molar-refractivity contribution in [2.45, 2.75) is 80.6 Å². The van der Waals surface area contributed by atoms with E-state index in [1.54, 1.807) is 6.08 Å². The van der Waals surface area contributed by atoms with Gasteiger partial charge in [-0.15, -0.1) is 0 Å². The molecule has 0 aromatic heterocycles. The molecule has 0 aliphatic heterocycles. The molecular formula is C28H31F15O5. The molecular weight excluding hydrogens is 701 g/mol. The van der Waals surface area contributed by atoms with Crippen LogP contribution in [0.4, 0.5) is 65.9 Å². The largest absolute Gasteiger partial charge is 0.465 e. The van der Waals surface area contributed by atoms with E-state index in [9.17, 15) is 75.8 Å². The number of esters is 1. The van der Waals surface area contributed by atoms with Crippen molar-refractivity contribution in [2.24, 2.45) is 29.6 Å².